The molecular formula is C18H20N2O3S. The van der Waals surface area contributed by atoms with E-state index in [0.29, 0.717) is 13.1 Å². The number of rotatable bonds is 4. The van der Waals surface area contributed by atoms with Gasteiger partial charge >= 0.3 is 6.09 Å². The molecule has 0 saturated heterocycles. The van der Waals surface area contributed by atoms with Crippen LogP contribution in [0.25, 0.3) is 0 Å². The highest BCUT2D eigenvalue weighted by molar-refractivity contribution is 7.10. The molecule has 2 heterocycles. The van der Waals surface area contributed by atoms with E-state index in [2.05, 4.69) is 16.8 Å². The lowest BCUT2D eigenvalue weighted by Crippen LogP contribution is -2.48. The second-order valence-electron chi connectivity index (χ2n) is 5.81. The largest absolute Gasteiger partial charge is 0.445 e. The van der Waals surface area contributed by atoms with E-state index in [9.17, 15) is 9.59 Å². The van der Waals surface area contributed by atoms with Crippen molar-refractivity contribution >= 4 is 23.3 Å². The third kappa shape index (κ3) is 3.94. The lowest BCUT2D eigenvalue weighted by Gasteiger charge is -2.29. The van der Waals surface area contributed by atoms with Crippen LogP contribution in [0.4, 0.5) is 4.79 Å². The van der Waals surface area contributed by atoms with Gasteiger partial charge in [0.2, 0.25) is 5.91 Å². The van der Waals surface area contributed by atoms with Crippen molar-refractivity contribution in [1.29, 1.82) is 0 Å². The molecule has 0 aliphatic carbocycles. The summed E-state index contributed by atoms with van der Waals surface area (Å²) in [6.45, 7) is 3.19. The number of hydrogen-bond donors (Lipinski definition) is 1. The molecule has 0 spiro atoms. The van der Waals surface area contributed by atoms with E-state index in [1.54, 1.807) is 23.2 Å². The highest BCUT2D eigenvalue weighted by Gasteiger charge is 2.26. The van der Waals surface area contributed by atoms with Crippen molar-refractivity contribution in [3.63, 3.8) is 0 Å². The summed E-state index contributed by atoms with van der Waals surface area (Å²) in [5, 5.41) is 4.67. The average Bonchev–Trinajstić information content (AvgIpc) is 3.07. The SMILES string of the molecule is CC(NC(=O)OCc1ccccc1)C(=O)N1CCc2sccc2C1. The number of thiophene rings is 1. The Hall–Kier alpha value is -2.34. The van der Waals surface area contributed by atoms with Crippen molar-refractivity contribution in [1.82, 2.24) is 10.2 Å². The fourth-order valence-electron chi connectivity index (χ4n) is 2.71. The first-order valence-corrected chi connectivity index (χ1v) is 8.82. The number of fused-ring (bicyclic) bond motifs is 1. The fourth-order valence-corrected chi connectivity index (χ4v) is 3.60. The number of carbonyl (C=O) groups excluding carboxylic acids is 2. The lowest BCUT2D eigenvalue weighted by atomic mass is 10.1. The van der Waals surface area contributed by atoms with Crippen LogP contribution in [0.1, 0.15) is 22.9 Å². The molecule has 3 rings (SSSR count). The molecule has 0 bridgehead atoms. The van der Waals surface area contributed by atoms with Gasteiger partial charge in [0.15, 0.2) is 0 Å². The van der Waals surface area contributed by atoms with Crippen LogP contribution in [-0.4, -0.2) is 29.5 Å². The van der Waals surface area contributed by atoms with Gasteiger partial charge < -0.3 is 15.0 Å². The maximum atomic E-state index is 12.5. The van der Waals surface area contributed by atoms with Crippen molar-refractivity contribution in [3.05, 3.63) is 57.8 Å². The minimum atomic E-state index is -0.603. The molecule has 24 heavy (non-hydrogen) atoms. The summed E-state index contributed by atoms with van der Waals surface area (Å²) in [6, 6.07) is 10.9. The van der Waals surface area contributed by atoms with E-state index < -0.39 is 12.1 Å². The van der Waals surface area contributed by atoms with Crippen molar-refractivity contribution in [3.8, 4) is 0 Å². The van der Waals surface area contributed by atoms with Gasteiger partial charge in [-0.05, 0) is 35.9 Å². The third-order valence-corrected chi connectivity index (χ3v) is 5.06. The number of benzene rings is 1. The zero-order valence-electron chi connectivity index (χ0n) is 13.5. The van der Waals surface area contributed by atoms with Crippen LogP contribution in [0.3, 0.4) is 0 Å². The Kier molecular flexibility index (Phi) is 5.15. The standard InChI is InChI=1S/C18H20N2O3S/c1-13(19-18(22)23-12-14-5-3-2-4-6-14)17(21)20-9-7-16-15(11-20)8-10-24-16/h2-6,8,10,13H,7,9,11-12H2,1H3,(H,19,22). The summed E-state index contributed by atoms with van der Waals surface area (Å²) in [5.74, 6) is -0.0801. The molecule has 2 amide bonds. The highest BCUT2D eigenvalue weighted by Crippen LogP contribution is 2.24. The van der Waals surface area contributed by atoms with Crippen LogP contribution in [0.15, 0.2) is 41.8 Å². The van der Waals surface area contributed by atoms with E-state index >= 15 is 0 Å². The Labute approximate surface area is 145 Å². The second-order valence-corrected chi connectivity index (χ2v) is 6.81. The summed E-state index contributed by atoms with van der Waals surface area (Å²) in [4.78, 5) is 27.5. The molecule has 1 unspecified atom stereocenters. The van der Waals surface area contributed by atoms with E-state index in [4.69, 9.17) is 4.74 Å². The van der Waals surface area contributed by atoms with Gasteiger partial charge in [0.1, 0.15) is 12.6 Å². The molecule has 126 valence electrons. The van der Waals surface area contributed by atoms with Gasteiger partial charge in [-0.3, -0.25) is 4.79 Å². The Bertz CT molecular complexity index is 714. The van der Waals surface area contributed by atoms with Crippen LogP contribution >= 0.6 is 11.3 Å². The number of carbonyl (C=O) groups is 2. The predicted molar refractivity (Wildman–Crippen MR) is 92.7 cm³/mol. The number of hydrogen-bond acceptors (Lipinski definition) is 4. The molecule has 0 radical (unpaired) electrons. The van der Waals surface area contributed by atoms with Crippen LogP contribution < -0.4 is 5.32 Å². The highest BCUT2D eigenvalue weighted by atomic mass is 32.1. The molecule has 1 N–H and O–H groups in total. The molecule has 6 heteroatoms. The van der Waals surface area contributed by atoms with Gasteiger partial charge in [0.25, 0.3) is 0 Å². The quantitative estimate of drug-likeness (QED) is 0.928. The van der Waals surface area contributed by atoms with Crippen molar-refractivity contribution in [2.45, 2.75) is 32.5 Å². The molecule has 1 aromatic heterocycles. The molecule has 0 fully saturated rings. The van der Waals surface area contributed by atoms with Crippen LogP contribution in [0, 0.1) is 0 Å². The van der Waals surface area contributed by atoms with Crippen molar-refractivity contribution < 1.29 is 14.3 Å². The predicted octanol–water partition coefficient (Wildman–Crippen LogP) is 2.95. The van der Waals surface area contributed by atoms with E-state index in [-0.39, 0.29) is 12.5 Å². The first-order valence-electron chi connectivity index (χ1n) is 7.94. The second kappa shape index (κ2) is 7.49. The molecule has 1 aliphatic rings. The molecule has 2 aromatic rings. The van der Waals surface area contributed by atoms with E-state index in [1.165, 1.54) is 10.4 Å². The van der Waals surface area contributed by atoms with E-state index in [1.807, 2.05) is 30.3 Å². The van der Waals surface area contributed by atoms with Gasteiger partial charge in [-0.25, -0.2) is 4.79 Å². The van der Waals surface area contributed by atoms with Crippen LogP contribution in [0.5, 0.6) is 0 Å². The Morgan fingerprint density at radius 2 is 2.08 bits per heavy atom. The smallest absolute Gasteiger partial charge is 0.408 e. The normalized spacial score (nSPS) is 14.6. The molecular weight excluding hydrogens is 324 g/mol. The lowest BCUT2D eigenvalue weighted by molar-refractivity contribution is -0.133. The van der Waals surface area contributed by atoms with Crippen molar-refractivity contribution in [2.24, 2.45) is 0 Å². The molecule has 1 atom stereocenters. The molecule has 1 aliphatic heterocycles. The Morgan fingerprint density at radius 1 is 1.29 bits per heavy atom. The zero-order chi connectivity index (χ0) is 16.9. The fraction of sp³-hybridized carbons (Fsp3) is 0.333. The average molecular weight is 344 g/mol. The van der Waals surface area contributed by atoms with Gasteiger partial charge in [-0.15, -0.1) is 11.3 Å². The summed E-state index contributed by atoms with van der Waals surface area (Å²) in [5.41, 5.74) is 2.12. The number of ether oxygens (including phenoxy) is 1. The van der Waals surface area contributed by atoms with Gasteiger partial charge in [-0.1, -0.05) is 30.3 Å². The zero-order valence-corrected chi connectivity index (χ0v) is 14.3. The summed E-state index contributed by atoms with van der Waals surface area (Å²) < 4.78 is 5.16. The Morgan fingerprint density at radius 3 is 2.88 bits per heavy atom. The number of alkyl carbamates (subject to hydrolysis) is 1. The minimum Gasteiger partial charge on any atom is -0.445 e. The Balaban J connectivity index is 1.48. The maximum Gasteiger partial charge on any atom is 0.408 e. The molecule has 1 aromatic carbocycles. The topological polar surface area (TPSA) is 58.6 Å². The number of nitrogens with one attached hydrogen (secondary N) is 1. The van der Waals surface area contributed by atoms with Gasteiger partial charge in [0.05, 0.1) is 0 Å². The van der Waals surface area contributed by atoms with Gasteiger partial charge in [-0.2, -0.15) is 0 Å². The number of amides is 2. The summed E-state index contributed by atoms with van der Waals surface area (Å²) in [7, 11) is 0. The summed E-state index contributed by atoms with van der Waals surface area (Å²) in [6.07, 6.45) is 0.303. The van der Waals surface area contributed by atoms with Crippen molar-refractivity contribution in [2.75, 3.05) is 6.54 Å². The van der Waals surface area contributed by atoms with Crippen LogP contribution in [-0.2, 0) is 29.1 Å². The third-order valence-electron chi connectivity index (χ3n) is 4.04. The maximum absolute atomic E-state index is 12.5. The first-order chi connectivity index (χ1) is 11.6. The monoisotopic (exact) mass is 344 g/mol. The van der Waals surface area contributed by atoms with Gasteiger partial charge in [0, 0.05) is 18.0 Å². The minimum absolute atomic E-state index is 0.0801. The molecule has 5 nitrogen and oxygen atoms in total. The number of nitrogens with zero attached hydrogens (tertiary/aromatic N) is 1. The first kappa shape index (κ1) is 16.5. The van der Waals surface area contributed by atoms with E-state index in [0.717, 1.165) is 12.0 Å². The summed E-state index contributed by atoms with van der Waals surface area (Å²) >= 11 is 1.73. The molecule has 0 saturated carbocycles. The van der Waals surface area contributed by atoms with Crippen LogP contribution in [0.2, 0.25) is 0 Å².